The fourth-order valence-corrected chi connectivity index (χ4v) is 3.29. The highest BCUT2D eigenvalue weighted by Gasteiger charge is 2.21. The Balaban J connectivity index is 2.14. The van der Waals surface area contributed by atoms with Gasteiger partial charge in [0.2, 0.25) is 5.88 Å². The van der Waals surface area contributed by atoms with Crippen LogP contribution in [0.4, 0.5) is 0 Å². The van der Waals surface area contributed by atoms with Gasteiger partial charge in [0.25, 0.3) is 0 Å². The highest BCUT2D eigenvalue weighted by molar-refractivity contribution is 7.87. The van der Waals surface area contributed by atoms with Crippen molar-refractivity contribution in [2.45, 2.75) is 4.90 Å². The number of fused-ring (bicyclic) bond motifs is 1. The van der Waals surface area contributed by atoms with Gasteiger partial charge < -0.3 is 8.92 Å². The van der Waals surface area contributed by atoms with E-state index in [1.807, 2.05) is 6.07 Å². The first kappa shape index (κ1) is 14.3. The molecule has 0 spiro atoms. The SMILES string of the molecule is COc1ccc(S(=O)(=O)Oc2ccccn2)c2ccccc12. The predicted molar refractivity (Wildman–Crippen MR) is 82.6 cm³/mol. The van der Waals surface area contributed by atoms with Crippen LogP contribution in [0.2, 0.25) is 0 Å². The molecule has 6 heteroatoms. The predicted octanol–water partition coefficient (Wildman–Crippen LogP) is 3.01. The van der Waals surface area contributed by atoms with Gasteiger partial charge in [-0.25, -0.2) is 4.98 Å². The van der Waals surface area contributed by atoms with E-state index in [2.05, 4.69) is 4.98 Å². The first-order valence-corrected chi connectivity index (χ1v) is 7.94. The van der Waals surface area contributed by atoms with Gasteiger partial charge in [-0.05, 0) is 18.2 Å². The van der Waals surface area contributed by atoms with Gasteiger partial charge in [-0.15, -0.1) is 0 Å². The maximum Gasteiger partial charge on any atom is 0.341 e. The van der Waals surface area contributed by atoms with E-state index in [-0.39, 0.29) is 10.8 Å². The Hall–Kier alpha value is -2.60. The van der Waals surface area contributed by atoms with Crippen molar-refractivity contribution in [3.8, 4) is 11.6 Å². The molecule has 0 aliphatic carbocycles. The first-order chi connectivity index (χ1) is 10.6. The molecule has 3 aromatic rings. The van der Waals surface area contributed by atoms with Gasteiger partial charge in [-0.2, -0.15) is 8.42 Å². The van der Waals surface area contributed by atoms with Crippen molar-refractivity contribution in [2.75, 3.05) is 7.11 Å². The van der Waals surface area contributed by atoms with Crippen molar-refractivity contribution < 1.29 is 17.3 Å². The number of hydrogen-bond donors (Lipinski definition) is 0. The minimum atomic E-state index is -3.98. The number of methoxy groups -OCH3 is 1. The molecule has 0 saturated carbocycles. The molecule has 0 aliphatic rings. The zero-order valence-corrected chi connectivity index (χ0v) is 12.6. The second-order valence-electron chi connectivity index (χ2n) is 4.52. The summed E-state index contributed by atoms with van der Waals surface area (Å²) in [6.45, 7) is 0. The van der Waals surface area contributed by atoms with E-state index in [1.54, 1.807) is 43.5 Å². The van der Waals surface area contributed by atoms with Crippen molar-refractivity contribution >= 4 is 20.9 Å². The molecule has 22 heavy (non-hydrogen) atoms. The average Bonchev–Trinajstić information content (AvgIpc) is 2.54. The third kappa shape index (κ3) is 2.60. The molecule has 5 nitrogen and oxygen atoms in total. The summed E-state index contributed by atoms with van der Waals surface area (Å²) in [5, 5.41) is 1.24. The molecular formula is C16H13NO4S. The van der Waals surface area contributed by atoms with Crippen molar-refractivity contribution in [1.29, 1.82) is 0 Å². The number of ether oxygens (including phenoxy) is 1. The van der Waals surface area contributed by atoms with E-state index >= 15 is 0 Å². The van der Waals surface area contributed by atoms with Crippen molar-refractivity contribution in [3.63, 3.8) is 0 Å². The Morgan fingerprint density at radius 2 is 1.64 bits per heavy atom. The van der Waals surface area contributed by atoms with Crippen LogP contribution >= 0.6 is 0 Å². The average molecular weight is 315 g/mol. The van der Waals surface area contributed by atoms with E-state index in [4.69, 9.17) is 8.92 Å². The summed E-state index contributed by atoms with van der Waals surface area (Å²) in [5.74, 6) is 0.634. The van der Waals surface area contributed by atoms with E-state index < -0.39 is 10.1 Å². The van der Waals surface area contributed by atoms with Crippen molar-refractivity contribution in [3.05, 3.63) is 60.8 Å². The van der Waals surface area contributed by atoms with Gasteiger partial charge >= 0.3 is 10.1 Å². The number of aromatic nitrogens is 1. The second kappa shape index (κ2) is 5.65. The maximum absolute atomic E-state index is 12.5. The lowest BCUT2D eigenvalue weighted by Crippen LogP contribution is -2.11. The maximum atomic E-state index is 12.5. The lowest BCUT2D eigenvalue weighted by Gasteiger charge is -2.11. The lowest BCUT2D eigenvalue weighted by atomic mass is 10.1. The summed E-state index contributed by atoms with van der Waals surface area (Å²) < 4.78 is 35.4. The minimum Gasteiger partial charge on any atom is -0.496 e. The van der Waals surface area contributed by atoms with Gasteiger partial charge in [0.15, 0.2) is 0 Å². The molecule has 0 N–H and O–H groups in total. The Labute approximate surface area is 128 Å². The van der Waals surface area contributed by atoms with Gasteiger partial charge in [-0.3, -0.25) is 0 Å². The molecule has 2 aromatic carbocycles. The van der Waals surface area contributed by atoms with Crippen LogP contribution in [-0.2, 0) is 10.1 Å². The molecule has 0 unspecified atom stereocenters. The van der Waals surface area contributed by atoms with Crippen LogP contribution in [0.25, 0.3) is 10.8 Å². The highest BCUT2D eigenvalue weighted by Crippen LogP contribution is 2.31. The zero-order valence-electron chi connectivity index (χ0n) is 11.8. The third-order valence-electron chi connectivity index (χ3n) is 3.17. The summed E-state index contributed by atoms with van der Waals surface area (Å²) in [5.41, 5.74) is 0. The number of hydrogen-bond acceptors (Lipinski definition) is 5. The number of benzene rings is 2. The largest absolute Gasteiger partial charge is 0.496 e. The van der Waals surface area contributed by atoms with Gasteiger partial charge in [0.1, 0.15) is 10.6 Å². The van der Waals surface area contributed by atoms with Crippen LogP contribution in [0.15, 0.2) is 65.7 Å². The lowest BCUT2D eigenvalue weighted by molar-refractivity contribution is 0.419. The first-order valence-electron chi connectivity index (χ1n) is 6.53. The molecule has 0 saturated heterocycles. The van der Waals surface area contributed by atoms with Crippen LogP contribution in [0, 0.1) is 0 Å². The van der Waals surface area contributed by atoms with Crippen LogP contribution in [0.3, 0.4) is 0 Å². The molecule has 0 amide bonds. The van der Waals surface area contributed by atoms with Gasteiger partial charge in [0, 0.05) is 23.0 Å². The van der Waals surface area contributed by atoms with E-state index in [0.29, 0.717) is 16.5 Å². The smallest absolute Gasteiger partial charge is 0.341 e. The minimum absolute atomic E-state index is 0.0300. The molecule has 1 heterocycles. The molecule has 112 valence electrons. The monoisotopic (exact) mass is 315 g/mol. The molecule has 1 aromatic heterocycles. The molecular weight excluding hydrogens is 302 g/mol. The zero-order chi connectivity index (χ0) is 15.6. The van der Waals surface area contributed by atoms with E-state index in [1.165, 1.54) is 18.3 Å². The van der Waals surface area contributed by atoms with Crippen LogP contribution in [0.5, 0.6) is 11.6 Å². The fourth-order valence-electron chi connectivity index (χ4n) is 2.19. The third-order valence-corrected chi connectivity index (χ3v) is 4.45. The molecule has 0 aliphatic heterocycles. The quantitative estimate of drug-likeness (QED) is 0.692. The van der Waals surface area contributed by atoms with Crippen molar-refractivity contribution in [2.24, 2.45) is 0 Å². The van der Waals surface area contributed by atoms with E-state index in [0.717, 1.165) is 0 Å². The summed E-state index contributed by atoms with van der Waals surface area (Å²) in [6.07, 6.45) is 1.47. The van der Waals surface area contributed by atoms with Gasteiger partial charge in [0.05, 0.1) is 7.11 Å². The summed E-state index contributed by atoms with van der Waals surface area (Å²) in [6, 6.07) is 15.0. The number of nitrogens with zero attached hydrogens (tertiary/aromatic N) is 1. The summed E-state index contributed by atoms with van der Waals surface area (Å²) in [4.78, 5) is 3.96. The Bertz CT molecular complexity index is 908. The van der Waals surface area contributed by atoms with Crippen LogP contribution < -0.4 is 8.92 Å². The number of pyridine rings is 1. The summed E-state index contributed by atoms with van der Waals surface area (Å²) >= 11 is 0. The van der Waals surface area contributed by atoms with Crippen molar-refractivity contribution in [1.82, 2.24) is 4.98 Å². The molecule has 0 atom stereocenters. The van der Waals surface area contributed by atoms with Crippen LogP contribution in [0.1, 0.15) is 0 Å². The Morgan fingerprint density at radius 3 is 2.32 bits per heavy atom. The molecule has 3 rings (SSSR count). The fraction of sp³-hybridized carbons (Fsp3) is 0.0625. The number of rotatable bonds is 4. The molecule has 0 fully saturated rings. The highest BCUT2D eigenvalue weighted by atomic mass is 32.2. The molecule has 0 bridgehead atoms. The topological polar surface area (TPSA) is 65.5 Å². The Kier molecular flexibility index (Phi) is 3.68. The van der Waals surface area contributed by atoms with Crippen LogP contribution in [-0.4, -0.2) is 20.5 Å². The van der Waals surface area contributed by atoms with E-state index in [9.17, 15) is 8.42 Å². The normalized spacial score (nSPS) is 11.3. The summed E-state index contributed by atoms with van der Waals surface area (Å²) in [7, 11) is -2.44. The second-order valence-corrected chi connectivity index (χ2v) is 6.03. The van der Waals surface area contributed by atoms with Gasteiger partial charge in [-0.1, -0.05) is 30.3 Å². The molecule has 0 radical (unpaired) electrons. The standard InChI is InChI=1S/C16H13NO4S/c1-20-14-9-10-15(13-7-3-2-6-12(13)14)22(18,19)21-16-8-4-5-11-17-16/h2-11H,1H3. The Morgan fingerprint density at radius 1 is 0.909 bits per heavy atom.